The fraction of sp³-hybridized carbons (Fsp3) is 0.867. The Bertz CT molecular complexity index is 302. The average Bonchev–Trinajstić information content (AvgIpc) is 2.24. The molecule has 4 heteroatoms. The summed E-state index contributed by atoms with van der Waals surface area (Å²) in [5, 5.41) is 0. The van der Waals surface area contributed by atoms with E-state index >= 15 is 0 Å². The average molecular weight is 272 g/mol. The van der Waals surface area contributed by atoms with Gasteiger partial charge in [-0.25, -0.2) is 0 Å². The smallest absolute Gasteiger partial charge is 0.306 e. The lowest BCUT2D eigenvalue weighted by Gasteiger charge is -2.26. The highest BCUT2D eigenvalue weighted by Crippen LogP contribution is 2.22. The third-order valence-corrected chi connectivity index (χ3v) is 3.32. The Kier molecular flexibility index (Phi) is 7.09. The molecule has 0 radical (unpaired) electrons. The van der Waals surface area contributed by atoms with Crippen molar-refractivity contribution < 1.29 is 19.1 Å². The van der Waals surface area contributed by atoms with E-state index in [1.807, 2.05) is 48.5 Å². The third kappa shape index (κ3) is 7.85. The van der Waals surface area contributed by atoms with Crippen LogP contribution in [0.1, 0.15) is 61.3 Å². The van der Waals surface area contributed by atoms with Gasteiger partial charge < -0.3 is 9.47 Å². The van der Waals surface area contributed by atoms with Crippen LogP contribution < -0.4 is 0 Å². The minimum absolute atomic E-state index is 0.0735. The minimum Gasteiger partial charge on any atom is -0.462 e. The van der Waals surface area contributed by atoms with Crippen LogP contribution in [-0.4, -0.2) is 24.1 Å². The lowest BCUT2D eigenvalue weighted by atomic mass is 9.90. The molecule has 0 aromatic carbocycles. The molecule has 0 saturated carbocycles. The van der Waals surface area contributed by atoms with Crippen molar-refractivity contribution in [2.24, 2.45) is 11.3 Å². The van der Waals surface area contributed by atoms with Crippen molar-refractivity contribution in [3.8, 4) is 0 Å². The molecule has 0 N–H and O–H groups in total. The summed E-state index contributed by atoms with van der Waals surface area (Å²) < 4.78 is 10.5. The molecule has 0 aliphatic rings. The number of esters is 2. The van der Waals surface area contributed by atoms with E-state index in [4.69, 9.17) is 9.47 Å². The molecule has 19 heavy (non-hydrogen) atoms. The Morgan fingerprint density at radius 1 is 0.895 bits per heavy atom. The molecule has 0 heterocycles. The molecule has 0 aliphatic carbocycles. The van der Waals surface area contributed by atoms with Gasteiger partial charge >= 0.3 is 11.9 Å². The summed E-state index contributed by atoms with van der Waals surface area (Å²) in [4.78, 5) is 23.1. The summed E-state index contributed by atoms with van der Waals surface area (Å²) in [7, 11) is 0. The predicted molar refractivity (Wildman–Crippen MR) is 74.6 cm³/mol. The maximum absolute atomic E-state index is 11.6. The largest absolute Gasteiger partial charge is 0.462 e. The van der Waals surface area contributed by atoms with Crippen LogP contribution in [0, 0.1) is 11.3 Å². The number of ether oxygens (including phenoxy) is 2. The number of carbonyl (C=O) groups is 2. The second-order valence-electron chi connectivity index (χ2n) is 6.44. The normalized spacial score (nSPS) is 14.9. The van der Waals surface area contributed by atoms with Gasteiger partial charge in [-0.05, 0) is 25.2 Å². The van der Waals surface area contributed by atoms with Crippen molar-refractivity contribution >= 4 is 11.9 Å². The van der Waals surface area contributed by atoms with Crippen LogP contribution in [-0.2, 0) is 19.1 Å². The van der Waals surface area contributed by atoms with E-state index in [-0.39, 0.29) is 48.3 Å². The maximum atomic E-state index is 11.6. The molecule has 0 spiro atoms. The summed E-state index contributed by atoms with van der Waals surface area (Å²) in [5.41, 5.74) is -0.0949. The molecule has 0 rings (SSSR count). The fourth-order valence-electron chi connectivity index (χ4n) is 1.04. The first-order valence-corrected chi connectivity index (χ1v) is 6.93. The number of rotatable bonds is 6. The number of carbonyl (C=O) groups excluding carboxylic acids is 2. The molecule has 2 atom stereocenters. The highest BCUT2D eigenvalue weighted by Gasteiger charge is 2.24. The first-order valence-electron chi connectivity index (χ1n) is 6.93. The summed E-state index contributed by atoms with van der Waals surface area (Å²) in [6.45, 7) is 13.7. The van der Waals surface area contributed by atoms with Gasteiger partial charge in [0.15, 0.2) is 0 Å². The lowest BCUT2D eigenvalue weighted by molar-refractivity contribution is -0.158. The van der Waals surface area contributed by atoms with Crippen molar-refractivity contribution in [3.05, 3.63) is 0 Å². The van der Waals surface area contributed by atoms with Gasteiger partial charge in [0.1, 0.15) is 12.2 Å². The van der Waals surface area contributed by atoms with E-state index in [1.54, 1.807) is 0 Å². The van der Waals surface area contributed by atoms with Crippen LogP contribution in [0.2, 0.25) is 0 Å². The molecule has 2 unspecified atom stereocenters. The summed E-state index contributed by atoms with van der Waals surface area (Å²) in [6.07, 6.45) is -0.153. The molecule has 0 aromatic heterocycles. The fourth-order valence-corrected chi connectivity index (χ4v) is 1.04. The van der Waals surface area contributed by atoms with Crippen LogP contribution in [0.25, 0.3) is 0 Å². The van der Waals surface area contributed by atoms with Crippen LogP contribution in [0.4, 0.5) is 0 Å². The lowest BCUT2D eigenvalue weighted by Crippen LogP contribution is -2.29. The van der Waals surface area contributed by atoms with Crippen molar-refractivity contribution in [2.45, 2.75) is 73.5 Å². The Balaban J connectivity index is 4.01. The van der Waals surface area contributed by atoms with Crippen molar-refractivity contribution in [3.63, 3.8) is 0 Å². The second kappa shape index (κ2) is 7.51. The Morgan fingerprint density at radius 3 is 1.68 bits per heavy atom. The molecule has 0 aliphatic heterocycles. The van der Waals surface area contributed by atoms with Gasteiger partial charge in [0, 0.05) is 0 Å². The first kappa shape index (κ1) is 17.9. The van der Waals surface area contributed by atoms with Crippen molar-refractivity contribution in [2.75, 3.05) is 0 Å². The molecule has 0 fully saturated rings. The zero-order valence-corrected chi connectivity index (χ0v) is 13.3. The highest BCUT2D eigenvalue weighted by molar-refractivity contribution is 5.77. The molecule has 0 amide bonds. The third-order valence-electron chi connectivity index (χ3n) is 3.32. The van der Waals surface area contributed by atoms with Gasteiger partial charge in [-0.2, -0.15) is 0 Å². The van der Waals surface area contributed by atoms with E-state index in [0.717, 1.165) is 0 Å². The molecule has 0 bridgehead atoms. The van der Waals surface area contributed by atoms with Crippen LogP contribution in [0.3, 0.4) is 0 Å². The van der Waals surface area contributed by atoms with E-state index in [2.05, 4.69) is 0 Å². The van der Waals surface area contributed by atoms with Crippen molar-refractivity contribution in [1.82, 2.24) is 0 Å². The summed E-state index contributed by atoms with van der Waals surface area (Å²) in [5.74, 6) is -0.421. The summed E-state index contributed by atoms with van der Waals surface area (Å²) in [6, 6.07) is 0. The van der Waals surface area contributed by atoms with Gasteiger partial charge in [-0.3, -0.25) is 9.59 Å². The van der Waals surface area contributed by atoms with E-state index < -0.39 is 0 Å². The van der Waals surface area contributed by atoms with E-state index in [9.17, 15) is 9.59 Å². The van der Waals surface area contributed by atoms with Gasteiger partial charge in [-0.15, -0.1) is 0 Å². The van der Waals surface area contributed by atoms with E-state index in [0.29, 0.717) is 0 Å². The minimum atomic E-state index is -0.350. The molecule has 0 aromatic rings. The first-order chi connectivity index (χ1) is 8.54. The van der Waals surface area contributed by atoms with Gasteiger partial charge in [0.2, 0.25) is 0 Å². The zero-order chi connectivity index (χ0) is 15.2. The second-order valence-corrected chi connectivity index (χ2v) is 6.44. The SMILES string of the molecule is CC(C)C(C)OC(=O)CCC(=O)OC(C)C(C)(C)C. The highest BCUT2D eigenvalue weighted by atomic mass is 16.6. The van der Waals surface area contributed by atoms with Gasteiger partial charge in [0.25, 0.3) is 0 Å². The van der Waals surface area contributed by atoms with Crippen LogP contribution >= 0.6 is 0 Å². The van der Waals surface area contributed by atoms with Gasteiger partial charge in [-0.1, -0.05) is 34.6 Å². The van der Waals surface area contributed by atoms with Gasteiger partial charge in [0.05, 0.1) is 12.8 Å². The molecular formula is C15H28O4. The van der Waals surface area contributed by atoms with Crippen molar-refractivity contribution in [1.29, 1.82) is 0 Å². The maximum Gasteiger partial charge on any atom is 0.306 e. The Labute approximate surface area is 116 Å². The predicted octanol–water partition coefficient (Wildman–Crippen LogP) is 3.33. The molecule has 4 nitrogen and oxygen atoms in total. The number of hydrogen-bond donors (Lipinski definition) is 0. The molecule has 112 valence electrons. The Morgan fingerprint density at radius 2 is 1.32 bits per heavy atom. The number of hydrogen-bond acceptors (Lipinski definition) is 4. The quantitative estimate of drug-likeness (QED) is 0.696. The topological polar surface area (TPSA) is 52.6 Å². The molecular weight excluding hydrogens is 244 g/mol. The van der Waals surface area contributed by atoms with E-state index in [1.165, 1.54) is 0 Å². The molecule has 0 saturated heterocycles. The summed E-state index contributed by atoms with van der Waals surface area (Å²) >= 11 is 0. The standard InChI is InChI=1S/C15H28O4/c1-10(2)11(3)18-13(16)8-9-14(17)19-12(4)15(5,6)7/h10-12H,8-9H2,1-7H3. The van der Waals surface area contributed by atoms with Crippen LogP contribution in [0.5, 0.6) is 0 Å². The zero-order valence-electron chi connectivity index (χ0n) is 13.3. The Hall–Kier alpha value is -1.06. The monoisotopic (exact) mass is 272 g/mol. The van der Waals surface area contributed by atoms with Crippen LogP contribution in [0.15, 0.2) is 0 Å².